The molecule has 0 saturated heterocycles. The number of rotatable bonds is 4. The third kappa shape index (κ3) is 4.54. The quantitative estimate of drug-likeness (QED) is 0.642. The predicted molar refractivity (Wildman–Crippen MR) is 53.9 cm³/mol. The van der Waals surface area contributed by atoms with Crippen LogP contribution in [0.5, 0.6) is 0 Å². The van der Waals surface area contributed by atoms with Gasteiger partial charge in [-0.05, 0) is 12.3 Å². The summed E-state index contributed by atoms with van der Waals surface area (Å²) in [4.78, 5) is 13.0. The topological polar surface area (TPSA) is 46.3 Å². The molecule has 0 rings (SSSR count). The molecule has 0 saturated carbocycles. The van der Waals surface area contributed by atoms with Gasteiger partial charge in [0.1, 0.15) is 0 Å². The molecule has 2 N–H and O–H groups in total. The van der Waals surface area contributed by atoms with E-state index in [1.54, 1.807) is 7.05 Å². The van der Waals surface area contributed by atoms with Crippen LogP contribution in [0.4, 0.5) is 0 Å². The second-order valence-electron chi connectivity index (χ2n) is 3.63. The molecule has 0 aliphatic heterocycles. The third-order valence-electron chi connectivity index (χ3n) is 1.75. The molecule has 0 fully saturated rings. The largest absolute Gasteiger partial charge is 0.333 e. The zero-order valence-electron chi connectivity index (χ0n) is 8.58. The Balaban J connectivity index is 4.03. The van der Waals surface area contributed by atoms with Crippen LogP contribution in [0.2, 0.25) is 0 Å². The van der Waals surface area contributed by atoms with Crippen LogP contribution < -0.4 is 5.73 Å². The van der Waals surface area contributed by atoms with Gasteiger partial charge >= 0.3 is 0 Å². The maximum atomic E-state index is 11.5. The number of terminal acetylenes is 1. The van der Waals surface area contributed by atoms with Gasteiger partial charge in [0, 0.05) is 7.05 Å². The molecule has 0 aliphatic carbocycles. The molecule has 1 atom stereocenters. The van der Waals surface area contributed by atoms with Crippen LogP contribution in [0, 0.1) is 18.3 Å². The van der Waals surface area contributed by atoms with Crippen molar-refractivity contribution in [2.75, 3.05) is 13.6 Å². The smallest absolute Gasteiger partial charge is 0.240 e. The summed E-state index contributed by atoms with van der Waals surface area (Å²) >= 11 is 0. The summed E-state index contributed by atoms with van der Waals surface area (Å²) < 4.78 is 0. The first-order valence-electron chi connectivity index (χ1n) is 4.43. The second-order valence-corrected chi connectivity index (χ2v) is 3.63. The van der Waals surface area contributed by atoms with Crippen LogP contribution in [0.25, 0.3) is 0 Å². The van der Waals surface area contributed by atoms with Crippen LogP contribution in [0.3, 0.4) is 0 Å². The molecule has 1 unspecified atom stereocenters. The first kappa shape index (κ1) is 12.0. The summed E-state index contributed by atoms with van der Waals surface area (Å²) in [6.07, 6.45) is 5.79. The number of likely N-dealkylation sites (N-methyl/N-ethyl adjacent to an activating group) is 1. The standard InChI is InChI=1S/C10H18N2O/c1-5-6-12(4)10(13)9(11)7-8(2)3/h1,8-9H,6-7,11H2,2-4H3. The molecule has 0 aromatic rings. The highest BCUT2D eigenvalue weighted by Gasteiger charge is 2.17. The summed E-state index contributed by atoms with van der Waals surface area (Å²) in [6, 6.07) is -0.418. The Hall–Kier alpha value is -1.01. The monoisotopic (exact) mass is 182 g/mol. The Morgan fingerprint density at radius 1 is 1.62 bits per heavy atom. The normalized spacial score (nSPS) is 12.3. The van der Waals surface area contributed by atoms with E-state index in [4.69, 9.17) is 12.2 Å². The van der Waals surface area contributed by atoms with Crippen molar-refractivity contribution in [2.24, 2.45) is 11.7 Å². The van der Waals surface area contributed by atoms with Crippen molar-refractivity contribution < 1.29 is 4.79 Å². The molecule has 0 aromatic heterocycles. The molecular formula is C10H18N2O. The molecule has 0 spiro atoms. The number of carbonyl (C=O) groups is 1. The molecule has 3 nitrogen and oxygen atoms in total. The number of nitrogens with zero attached hydrogens (tertiary/aromatic N) is 1. The van der Waals surface area contributed by atoms with Crippen molar-refractivity contribution in [2.45, 2.75) is 26.3 Å². The zero-order chi connectivity index (χ0) is 10.4. The van der Waals surface area contributed by atoms with Crippen LogP contribution in [0.15, 0.2) is 0 Å². The van der Waals surface area contributed by atoms with Gasteiger partial charge in [-0.25, -0.2) is 0 Å². The van der Waals surface area contributed by atoms with Crippen LogP contribution in [-0.4, -0.2) is 30.4 Å². The lowest BCUT2D eigenvalue weighted by Crippen LogP contribution is -2.42. The summed E-state index contributed by atoms with van der Waals surface area (Å²) in [5.74, 6) is 2.76. The van der Waals surface area contributed by atoms with E-state index in [9.17, 15) is 4.79 Å². The summed E-state index contributed by atoms with van der Waals surface area (Å²) in [5, 5.41) is 0. The number of nitrogens with two attached hydrogens (primary N) is 1. The molecule has 1 amide bonds. The third-order valence-corrected chi connectivity index (χ3v) is 1.75. The maximum Gasteiger partial charge on any atom is 0.240 e. The van der Waals surface area contributed by atoms with E-state index < -0.39 is 6.04 Å². The fourth-order valence-electron chi connectivity index (χ4n) is 1.11. The van der Waals surface area contributed by atoms with Crippen LogP contribution in [-0.2, 0) is 4.79 Å². The highest BCUT2D eigenvalue weighted by atomic mass is 16.2. The van der Waals surface area contributed by atoms with E-state index in [0.717, 1.165) is 0 Å². The highest BCUT2D eigenvalue weighted by molar-refractivity contribution is 5.81. The molecule has 0 aromatic carbocycles. The second kappa shape index (κ2) is 5.60. The minimum absolute atomic E-state index is 0.0772. The Bertz CT molecular complexity index is 205. The van der Waals surface area contributed by atoms with Crippen molar-refractivity contribution >= 4 is 5.91 Å². The predicted octanol–water partition coefficient (Wildman–Crippen LogP) is 0.451. The average molecular weight is 182 g/mol. The van der Waals surface area contributed by atoms with E-state index in [2.05, 4.69) is 5.92 Å². The number of hydrogen-bond acceptors (Lipinski definition) is 2. The molecule has 0 heterocycles. The molecule has 0 radical (unpaired) electrons. The van der Waals surface area contributed by atoms with E-state index in [-0.39, 0.29) is 5.91 Å². The number of carbonyl (C=O) groups excluding carboxylic acids is 1. The van der Waals surface area contributed by atoms with Crippen LogP contribution in [0.1, 0.15) is 20.3 Å². The van der Waals surface area contributed by atoms with Gasteiger partial charge in [-0.1, -0.05) is 19.8 Å². The summed E-state index contributed by atoms with van der Waals surface area (Å²) in [7, 11) is 1.67. The molecular weight excluding hydrogens is 164 g/mol. The van der Waals surface area contributed by atoms with Gasteiger partial charge in [0.05, 0.1) is 12.6 Å². The SMILES string of the molecule is C#CCN(C)C(=O)C(N)CC(C)C. The van der Waals surface area contributed by atoms with Gasteiger partial charge < -0.3 is 10.6 Å². The van der Waals surface area contributed by atoms with E-state index in [0.29, 0.717) is 18.9 Å². The molecule has 74 valence electrons. The average Bonchev–Trinajstić information content (AvgIpc) is 2.02. The van der Waals surface area contributed by atoms with Gasteiger partial charge in [-0.15, -0.1) is 6.42 Å². The van der Waals surface area contributed by atoms with Gasteiger partial charge in [0.2, 0.25) is 5.91 Å². The summed E-state index contributed by atoms with van der Waals surface area (Å²) in [6.45, 7) is 4.40. The van der Waals surface area contributed by atoms with Gasteiger partial charge in [-0.3, -0.25) is 4.79 Å². The van der Waals surface area contributed by atoms with Crippen molar-refractivity contribution in [3.05, 3.63) is 0 Å². The summed E-state index contributed by atoms with van der Waals surface area (Å²) in [5.41, 5.74) is 5.69. The fraction of sp³-hybridized carbons (Fsp3) is 0.700. The first-order valence-corrected chi connectivity index (χ1v) is 4.43. The first-order chi connectivity index (χ1) is 5.99. The molecule has 0 bridgehead atoms. The molecule has 13 heavy (non-hydrogen) atoms. The number of amides is 1. The van der Waals surface area contributed by atoms with Crippen molar-refractivity contribution in [3.63, 3.8) is 0 Å². The van der Waals surface area contributed by atoms with E-state index in [1.807, 2.05) is 13.8 Å². The lowest BCUT2D eigenvalue weighted by atomic mass is 10.0. The Labute approximate surface area is 80.3 Å². The lowest BCUT2D eigenvalue weighted by Gasteiger charge is -2.20. The minimum atomic E-state index is -0.418. The Morgan fingerprint density at radius 3 is 2.54 bits per heavy atom. The van der Waals surface area contributed by atoms with E-state index >= 15 is 0 Å². The highest BCUT2D eigenvalue weighted by Crippen LogP contribution is 2.04. The van der Waals surface area contributed by atoms with Crippen molar-refractivity contribution in [3.8, 4) is 12.3 Å². The number of hydrogen-bond donors (Lipinski definition) is 1. The lowest BCUT2D eigenvalue weighted by molar-refractivity contribution is -0.131. The molecule has 3 heteroatoms. The maximum absolute atomic E-state index is 11.5. The fourth-order valence-corrected chi connectivity index (χ4v) is 1.11. The molecule has 0 aliphatic rings. The Kier molecular flexibility index (Phi) is 5.17. The van der Waals surface area contributed by atoms with Crippen molar-refractivity contribution in [1.82, 2.24) is 4.90 Å². The van der Waals surface area contributed by atoms with Crippen molar-refractivity contribution in [1.29, 1.82) is 0 Å². The zero-order valence-corrected chi connectivity index (χ0v) is 8.58. The van der Waals surface area contributed by atoms with Gasteiger partial charge in [0.15, 0.2) is 0 Å². The Morgan fingerprint density at radius 2 is 2.15 bits per heavy atom. The van der Waals surface area contributed by atoms with Gasteiger partial charge in [-0.2, -0.15) is 0 Å². The minimum Gasteiger partial charge on any atom is -0.333 e. The van der Waals surface area contributed by atoms with Gasteiger partial charge in [0.25, 0.3) is 0 Å². The van der Waals surface area contributed by atoms with E-state index in [1.165, 1.54) is 4.90 Å². The van der Waals surface area contributed by atoms with Crippen LogP contribution >= 0.6 is 0 Å².